The molecule has 2 fully saturated rings. The van der Waals surface area contributed by atoms with Gasteiger partial charge in [0.05, 0.1) is 12.3 Å². The van der Waals surface area contributed by atoms with Crippen LogP contribution in [0.4, 0.5) is 5.82 Å². The van der Waals surface area contributed by atoms with E-state index in [-0.39, 0.29) is 23.7 Å². The van der Waals surface area contributed by atoms with Gasteiger partial charge in [0.25, 0.3) is 0 Å². The molecule has 0 bridgehead atoms. The topological polar surface area (TPSA) is 78.9 Å². The third-order valence-electron chi connectivity index (χ3n) is 6.20. The smallest absolute Gasteiger partial charge is 0.223 e. The maximum Gasteiger partial charge on any atom is 0.223 e. The van der Waals surface area contributed by atoms with E-state index in [1.54, 1.807) is 7.11 Å². The zero-order valence-corrected chi connectivity index (χ0v) is 19.6. The highest BCUT2D eigenvalue weighted by molar-refractivity contribution is 5.79. The molecule has 3 heterocycles. The second-order valence-electron chi connectivity index (χ2n) is 9.39. The molecule has 1 atom stereocenters. The highest BCUT2D eigenvalue weighted by atomic mass is 16.5. The van der Waals surface area contributed by atoms with Gasteiger partial charge in [0.1, 0.15) is 11.6 Å². The number of ether oxygens (including phenoxy) is 1. The summed E-state index contributed by atoms with van der Waals surface area (Å²) in [6, 6.07) is 2.02. The molecule has 2 aliphatic rings. The lowest BCUT2D eigenvalue weighted by molar-refractivity contribution is -0.133. The van der Waals surface area contributed by atoms with Crippen molar-refractivity contribution in [2.75, 3.05) is 58.9 Å². The molecule has 2 aliphatic heterocycles. The number of carbonyl (C=O) groups excluding carboxylic acids is 2. The van der Waals surface area contributed by atoms with Gasteiger partial charge in [-0.25, -0.2) is 9.97 Å². The van der Waals surface area contributed by atoms with E-state index in [2.05, 4.69) is 13.8 Å². The third kappa shape index (κ3) is 5.93. The van der Waals surface area contributed by atoms with Crippen molar-refractivity contribution in [2.45, 2.75) is 51.4 Å². The molecule has 31 heavy (non-hydrogen) atoms. The molecule has 0 radical (unpaired) electrons. The van der Waals surface area contributed by atoms with E-state index in [0.29, 0.717) is 38.5 Å². The second-order valence-corrected chi connectivity index (χ2v) is 9.39. The van der Waals surface area contributed by atoms with E-state index >= 15 is 0 Å². The average molecular weight is 432 g/mol. The fourth-order valence-electron chi connectivity index (χ4n) is 4.35. The number of hydrogen-bond acceptors (Lipinski definition) is 6. The zero-order valence-electron chi connectivity index (χ0n) is 19.6. The third-order valence-corrected chi connectivity index (χ3v) is 6.20. The molecule has 8 heteroatoms. The van der Waals surface area contributed by atoms with Crippen molar-refractivity contribution >= 4 is 17.6 Å². The molecular formula is C23H37N5O3. The largest absolute Gasteiger partial charge is 0.383 e. The lowest BCUT2D eigenvalue weighted by Crippen LogP contribution is -2.38. The highest BCUT2D eigenvalue weighted by Gasteiger charge is 2.33. The fourth-order valence-corrected chi connectivity index (χ4v) is 4.35. The fraction of sp³-hybridized carbons (Fsp3) is 0.739. The highest BCUT2D eigenvalue weighted by Crippen LogP contribution is 2.32. The summed E-state index contributed by atoms with van der Waals surface area (Å²) in [4.78, 5) is 40.4. The molecule has 0 aromatic carbocycles. The minimum absolute atomic E-state index is 0.0810. The van der Waals surface area contributed by atoms with Gasteiger partial charge in [-0.3, -0.25) is 9.59 Å². The van der Waals surface area contributed by atoms with Crippen molar-refractivity contribution in [3.05, 3.63) is 17.6 Å². The molecule has 1 aromatic rings. The van der Waals surface area contributed by atoms with Crippen LogP contribution in [0.25, 0.3) is 0 Å². The summed E-state index contributed by atoms with van der Waals surface area (Å²) < 4.78 is 5.13. The number of anilines is 1. The lowest BCUT2D eigenvalue weighted by atomic mass is 9.94. The molecule has 2 saturated heterocycles. The Labute approximate surface area is 186 Å². The predicted octanol–water partition coefficient (Wildman–Crippen LogP) is 2.26. The van der Waals surface area contributed by atoms with Crippen LogP contribution in [0.5, 0.6) is 0 Å². The maximum absolute atomic E-state index is 12.4. The Hall–Kier alpha value is -2.22. The van der Waals surface area contributed by atoms with E-state index in [4.69, 9.17) is 14.7 Å². The van der Waals surface area contributed by atoms with E-state index in [9.17, 15) is 9.59 Å². The van der Waals surface area contributed by atoms with Crippen molar-refractivity contribution in [1.82, 2.24) is 19.8 Å². The van der Waals surface area contributed by atoms with Crippen LogP contribution in [-0.2, 0) is 14.3 Å². The molecule has 8 nitrogen and oxygen atoms in total. The van der Waals surface area contributed by atoms with Gasteiger partial charge < -0.3 is 19.4 Å². The van der Waals surface area contributed by atoms with E-state index in [1.807, 2.05) is 34.9 Å². The summed E-state index contributed by atoms with van der Waals surface area (Å²) in [5, 5.41) is 0. The van der Waals surface area contributed by atoms with E-state index < -0.39 is 0 Å². The Balaban J connectivity index is 1.73. The van der Waals surface area contributed by atoms with Crippen LogP contribution >= 0.6 is 0 Å². The van der Waals surface area contributed by atoms with E-state index in [1.165, 1.54) is 0 Å². The molecular weight excluding hydrogens is 394 g/mol. The minimum Gasteiger partial charge on any atom is -0.383 e. The second kappa shape index (κ2) is 10.4. The Morgan fingerprint density at radius 1 is 1.23 bits per heavy atom. The number of methoxy groups -OCH3 is 1. The summed E-state index contributed by atoms with van der Waals surface area (Å²) in [6.07, 6.45) is 2.85. The molecule has 0 N–H and O–H groups in total. The first kappa shape index (κ1) is 23.4. The van der Waals surface area contributed by atoms with Crippen LogP contribution in [-0.4, -0.2) is 85.6 Å². The summed E-state index contributed by atoms with van der Waals surface area (Å²) in [5.41, 5.74) is 0.945. The number of piperidine rings is 1. The number of likely N-dealkylation sites (tertiary alicyclic amines) is 2. The predicted molar refractivity (Wildman–Crippen MR) is 120 cm³/mol. The van der Waals surface area contributed by atoms with Crippen LogP contribution < -0.4 is 4.90 Å². The summed E-state index contributed by atoms with van der Waals surface area (Å²) >= 11 is 0. The zero-order chi connectivity index (χ0) is 22.5. The van der Waals surface area contributed by atoms with Gasteiger partial charge in [-0.05, 0) is 18.8 Å². The molecule has 0 spiro atoms. The maximum atomic E-state index is 12.4. The van der Waals surface area contributed by atoms with Gasteiger partial charge in [-0.15, -0.1) is 0 Å². The van der Waals surface area contributed by atoms with Crippen molar-refractivity contribution in [2.24, 2.45) is 5.92 Å². The standard InChI is InChI=1S/C23H37N5O3/c1-16(2)12-21(29)27-8-6-17(7-9-27)23-24-19(14-20(25-23)26(3)4)18-13-22(30)28(15-18)10-11-31-5/h14,16-18H,6-13,15H2,1-5H3/t18-/m1/s1. The molecule has 0 saturated carbocycles. The number of rotatable bonds is 8. The van der Waals surface area contributed by atoms with Crippen LogP contribution in [0, 0.1) is 5.92 Å². The van der Waals surface area contributed by atoms with Crippen molar-refractivity contribution in [3.63, 3.8) is 0 Å². The van der Waals surface area contributed by atoms with Crippen LogP contribution in [0.2, 0.25) is 0 Å². The number of aromatic nitrogens is 2. The Bertz CT molecular complexity index is 774. The molecule has 172 valence electrons. The molecule has 0 aliphatic carbocycles. The number of hydrogen-bond donors (Lipinski definition) is 0. The van der Waals surface area contributed by atoms with Gasteiger partial charge in [-0.1, -0.05) is 13.8 Å². The molecule has 3 rings (SSSR count). The monoisotopic (exact) mass is 431 g/mol. The number of amides is 2. The van der Waals surface area contributed by atoms with Crippen LogP contribution in [0.15, 0.2) is 6.07 Å². The number of nitrogens with zero attached hydrogens (tertiary/aromatic N) is 5. The van der Waals surface area contributed by atoms with E-state index in [0.717, 1.165) is 43.3 Å². The average Bonchev–Trinajstić information content (AvgIpc) is 3.12. The van der Waals surface area contributed by atoms with Gasteiger partial charge in [0, 0.05) is 78.1 Å². The Morgan fingerprint density at radius 2 is 1.94 bits per heavy atom. The number of carbonyl (C=O) groups is 2. The van der Waals surface area contributed by atoms with Crippen LogP contribution in [0.1, 0.15) is 62.9 Å². The first-order valence-electron chi connectivity index (χ1n) is 11.4. The summed E-state index contributed by atoms with van der Waals surface area (Å²) in [6.45, 7) is 7.51. The Morgan fingerprint density at radius 3 is 2.55 bits per heavy atom. The van der Waals surface area contributed by atoms with Crippen molar-refractivity contribution < 1.29 is 14.3 Å². The summed E-state index contributed by atoms with van der Waals surface area (Å²) in [7, 11) is 5.61. The lowest BCUT2D eigenvalue weighted by Gasteiger charge is -2.32. The minimum atomic E-state index is 0.0810. The normalized spacial score (nSPS) is 20.1. The molecule has 2 amide bonds. The summed E-state index contributed by atoms with van der Waals surface area (Å²) in [5.74, 6) is 2.83. The van der Waals surface area contributed by atoms with Gasteiger partial charge in [0.15, 0.2) is 0 Å². The first-order chi connectivity index (χ1) is 14.8. The van der Waals surface area contributed by atoms with Gasteiger partial charge in [-0.2, -0.15) is 0 Å². The van der Waals surface area contributed by atoms with Crippen molar-refractivity contribution in [3.8, 4) is 0 Å². The first-order valence-corrected chi connectivity index (χ1v) is 11.4. The van der Waals surface area contributed by atoms with Gasteiger partial charge >= 0.3 is 0 Å². The molecule has 1 aromatic heterocycles. The quantitative estimate of drug-likeness (QED) is 0.628. The molecule has 0 unspecified atom stereocenters. The van der Waals surface area contributed by atoms with Crippen LogP contribution in [0.3, 0.4) is 0 Å². The Kier molecular flexibility index (Phi) is 7.86. The van der Waals surface area contributed by atoms with Crippen molar-refractivity contribution in [1.29, 1.82) is 0 Å². The SMILES string of the molecule is COCCN1C[C@H](c2cc(N(C)C)nc(C3CCN(C(=O)CC(C)C)CC3)n2)CC1=O. The van der Waals surface area contributed by atoms with Gasteiger partial charge in [0.2, 0.25) is 11.8 Å².